The van der Waals surface area contributed by atoms with Gasteiger partial charge in [0, 0.05) is 31.9 Å². The molecule has 0 unspecified atom stereocenters. The van der Waals surface area contributed by atoms with E-state index in [9.17, 15) is 0 Å². The number of aryl methyl sites for hydroxylation is 1. The van der Waals surface area contributed by atoms with Gasteiger partial charge in [0.1, 0.15) is 5.82 Å². The van der Waals surface area contributed by atoms with Crippen molar-refractivity contribution in [2.45, 2.75) is 20.1 Å². The van der Waals surface area contributed by atoms with Crippen molar-refractivity contribution >= 4 is 33.4 Å². The van der Waals surface area contributed by atoms with Crippen LogP contribution in [-0.2, 0) is 13.2 Å². The first-order valence-electron chi connectivity index (χ1n) is 9.85. The molecule has 0 N–H and O–H groups in total. The summed E-state index contributed by atoms with van der Waals surface area (Å²) >= 11 is 0. The lowest BCUT2D eigenvalue weighted by molar-refractivity contribution is 0.247. The third-order valence-corrected chi connectivity index (χ3v) is 5.07. The minimum Gasteiger partial charge on any atom is -0.378 e. The zero-order valence-electron chi connectivity index (χ0n) is 17.9. The fourth-order valence-corrected chi connectivity index (χ4v) is 3.59. The fraction of sp³-hybridized carbons (Fsp3) is 0.250. The third kappa shape index (κ3) is 4.89. The smallest absolute Gasteiger partial charge is 0.159 e. The molecule has 156 valence electrons. The lowest BCUT2D eigenvalue weighted by Crippen LogP contribution is -2.23. The summed E-state index contributed by atoms with van der Waals surface area (Å²) in [5.74, 6) is 1.69. The highest BCUT2D eigenvalue weighted by atomic mass is 79.9. The summed E-state index contributed by atoms with van der Waals surface area (Å²) in [5.41, 5.74) is 3.58. The van der Waals surface area contributed by atoms with Crippen molar-refractivity contribution in [1.82, 2.24) is 19.7 Å². The Morgan fingerprint density at radius 1 is 0.867 bits per heavy atom. The first-order valence-corrected chi connectivity index (χ1v) is 9.85. The topological polar surface area (TPSA) is 37.2 Å². The van der Waals surface area contributed by atoms with Gasteiger partial charge in [0.2, 0.25) is 0 Å². The predicted octanol–water partition coefficient (Wildman–Crippen LogP) is 5.14. The summed E-state index contributed by atoms with van der Waals surface area (Å²) in [6, 6.07) is 23.5. The van der Waals surface area contributed by atoms with E-state index in [1.165, 1.54) is 22.0 Å². The summed E-state index contributed by atoms with van der Waals surface area (Å²) in [5, 5.41) is 7.09. The number of aromatic nitrogens is 3. The van der Waals surface area contributed by atoms with Gasteiger partial charge in [0.05, 0.1) is 6.67 Å². The Balaban J connectivity index is 0.00000256. The number of anilines is 1. The largest absolute Gasteiger partial charge is 0.378 e. The zero-order chi connectivity index (χ0) is 20.4. The van der Waals surface area contributed by atoms with Crippen LogP contribution in [0.2, 0.25) is 0 Å². The Morgan fingerprint density at radius 3 is 2.27 bits per heavy atom. The second-order valence-electron chi connectivity index (χ2n) is 7.76. The van der Waals surface area contributed by atoms with E-state index in [-0.39, 0.29) is 17.0 Å². The lowest BCUT2D eigenvalue weighted by atomic mass is 10.1. The molecular weight excluding hydrogens is 438 g/mol. The van der Waals surface area contributed by atoms with Gasteiger partial charge in [-0.2, -0.15) is 5.10 Å². The highest BCUT2D eigenvalue weighted by molar-refractivity contribution is 8.93. The van der Waals surface area contributed by atoms with E-state index in [4.69, 9.17) is 4.98 Å². The molecule has 5 nitrogen and oxygen atoms in total. The first-order chi connectivity index (χ1) is 14.0. The molecule has 0 saturated carbocycles. The molecule has 30 heavy (non-hydrogen) atoms. The Kier molecular flexibility index (Phi) is 6.90. The number of benzene rings is 3. The highest BCUT2D eigenvalue weighted by Crippen LogP contribution is 2.24. The molecule has 0 saturated heterocycles. The molecule has 0 aliphatic heterocycles. The maximum Gasteiger partial charge on any atom is 0.159 e. The van der Waals surface area contributed by atoms with Crippen molar-refractivity contribution in [3.8, 4) is 11.4 Å². The van der Waals surface area contributed by atoms with Gasteiger partial charge in [-0.15, -0.1) is 17.0 Å². The molecule has 0 atom stereocenters. The van der Waals surface area contributed by atoms with E-state index in [0.29, 0.717) is 6.67 Å². The minimum atomic E-state index is 0. The Morgan fingerprint density at radius 2 is 1.57 bits per heavy atom. The Bertz CT molecular complexity index is 1120. The Hall–Kier alpha value is -2.70. The van der Waals surface area contributed by atoms with Crippen molar-refractivity contribution in [3.63, 3.8) is 0 Å². The predicted molar refractivity (Wildman–Crippen MR) is 130 cm³/mol. The van der Waals surface area contributed by atoms with Gasteiger partial charge in [-0.1, -0.05) is 48.5 Å². The highest BCUT2D eigenvalue weighted by Gasteiger charge is 2.12. The summed E-state index contributed by atoms with van der Waals surface area (Å²) in [4.78, 5) is 9.06. The number of hydrogen-bond donors (Lipinski definition) is 0. The molecule has 0 radical (unpaired) electrons. The van der Waals surface area contributed by atoms with Crippen LogP contribution in [0.4, 0.5) is 5.69 Å². The van der Waals surface area contributed by atoms with Crippen LogP contribution in [0.25, 0.3) is 22.2 Å². The van der Waals surface area contributed by atoms with Crippen LogP contribution in [0.1, 0.15) is 11.4 Å². The van der Waals surface area contributed by atoms with E-state index in [0.717, 1.165) is 23.8 Å². The van der Waals surface area contributed by atoms with E-state index >= 15 is 0 Å². The summed E-state index contributed by atoms with van der Waals surface area (Å²) in [6.07, 6.45) is 0. The minimum absolute atomic E-state index is 0. The molecule has 0 fully saturated rings. The molecule has 6 heteroatoms. The zero-order valence-corrected chi connectivity index (χ0v) is 19.6. The maximum atomic E-state index is 4.70. The molecule has 3 aromatic carbocycles. The van der Waals surface area contributed by atoms with Gasteiger partial charge < -0.3 is 4.90 Å². The standard InChI is InChI=1S/C24H27N5.BrH/c1-18-25-24(22-12-11-20-7-5-6-8-21(20)15-22)29(26-18)17-28(4)16-19-9-13-23(14-10-19)27(2)3;/h5-15H,16-17H2,1-4H3;1H. The van der Waals surface area contributed by atoms with Crippen LogP contribution in [0.5, 0.6) is 0 Å². The summed E-state index contributed by atoms with van der Waals surface area (Å²) in [7, 11) is 6.23. The van der Waals surface area contributed by atoms with Crippen molar-refractivity contribution in [3.05, 3.63) is 78.1 Å². The second-order valence-corrected chi connectivity index (χ2v) is 7.76. The number of hydrogen-bond acceptors (Lipinski definition) is 4. The quantitative estimate of drug-likeness (QED) is 0.395. The molecule has 0 amide bonds. The van der Waals surface area contributed by atoms with Crippen molar-refractivity contribution in [2.24, 2.45) is 0 Å². The lowest BCUT2D eigenvalue weighted by Gasteiger charge is -2.19. The SMILES string of the molecule is Br.Cc1nc(-c2ccc3ccccc3c2)n(CN(C)Cc2ccc(N(C)C)cc2)n1. The summed E-state index contributed by atoms with van der Waals surface area (Å²) in [6.45, 7) is 3.48. The van der Waals surface area contributed by atoms with E-state index < -0.39 is 0 Å². The molecule has 4 rings (SSSR count). The molecule has 0 aliphatic rings. The maximum absolute atomic E-state index is 4.70. The average molecular weight is 466 g/mol. The van der Waals surface area contributed by atoms with Crippen LogP contribution < -0.4 is 4.90 Å². The van der Waals surface area contributed by atoms with Crippen LogP contribution in [0.15, 0.2) is 66.7 Å². The van der Waals surface area contributed by atoms with Crippen LogP contribution >= 0.6 is 17.0 Å². The van der Waals surface area contributed by atoms with Crippen molar-refractivity contribution < 1.29 is 0 Å². The van der Waals surface area contributed by atoms with Crippen molar-refractivity contribution in [1.29, 1.82) is 0 Å². The molecule has 1 heterocycles. The van der Waals surface area contributed by atoms with E-state index in [1.54, 1.807) is 0 Å². The number of nitrogens with zero attached hydrogens (tertiary/aromatic N) is 5. The monoisotopic (exact) mass is 465 g/mol. The van der Waals surface area contributed by atoms with Gasteiger partial charge in [-0.3, -0.25) is 4.90 Å². The van der Waals surface area contributed by atoms with Crippen molar-refractivity contribution in [2.75, 3.05) is 26.0 Å². The molecule has 4 aromatic rings. The van der Waals surface area contributed by atoms with Gasteiger partial charge in [0.25, 0.3) is 0 Å². The molecule has 0 aliphatic carbocycles. The number of halogens is 1. The third-order valence-electron chi connectivity index (χ3n) is 5.07. The normalized spacial score (nSPS) is 11.0. The number of rotatable bonds is 6. The van der Waals surface area contributed by atoms with Gasteiger partial charge >= 0.3 is 0 Å². The van der Waals surface area contributed by atoms with Gasteiger partial charge in [-0.05, 0) is 48.5 Å². The molecule has 0 bridgehead atoms. The Labute approximate surface area is 188 Å². The average Bonchev–Trinajstić information content (AvgIpc) is 3.07. The van der Waals surface area contributed by atoms with E-state index in [1.807, 2.05) is 11.6 Å². The second kappa shape index (κ2) is 9.41. The van der Waals surface area contributed by atoms with Crippen LogP contribution in [-0.4, -0.2) is 40.8 Å². The molecule has 1 aromatic heterocycles. The van der Waals surface area contributed by atoms with Crippen LogP contribution in [0, 0.1) is 6.92 Å². The van der Waals surface area contributed by atoms with Gasteiger partial charge in [-0.25, -0.2) is 9.67 Å². The molecule has 0 spiro atoms. The number of fused-ring (bicyclic) bond motifs is 1. The fourth-order valence-electron chi connectivity index (χ4n) is 3.59. The van der Waals surface area contributed by atoms with Gasteiger partial charge in [0.15, 0.2) is 5.82 Å². The molecular formula is C24H28BrN5. The first kappa shape index (κ1) is 22.0. The summed E-state index contributed by atoms with van der Waals surface area (Å²) < 4.78 is 1.99. The van der Waals surface area contributed by atoms with E-state index in [2.05, 4.69) is 103 Å². The van der Waals surface area contributed by atoms with Crippen LogP contribution in [0.3, 0.4) is 0 Å².